The van der Waals surface area contributed by atoms with Gasteiger partial charge in [-0.25, -0.2) is 0 Å². The number of nitrogens with one attached hydrogen (secondary N) is 1. The van der Waals surface area contributed by atoms with Gasteiger partial charge in [-0.3, -0.25) is 0 Å². The molecule has 1 N–H and O–H groups in total. The smallest absolute Gasteiger partial charge is 0.162 e. The molecule has 0 radical (unpaired) electrons. The van der Waals surface area contributed by atoms with Crippen LogP contribution in [0.1, 0.15) is 13.3 Å². The maximum absolute atomic E-state index is 5.30. The molecule has 2 atom stereocenters. The van der Waals surface area contributed by atoms with Gasteiger partial charge >= 0.3 is 0 Å². The van der Waals surface area contributed by atoms with Gasteiger partial charge in [0.25, 0.3) is 0 Å². The molecule has 1 saturated heterocycles. The minimum Gasteiger partial charge on any atom is -0.493 e. The van der Waals surface area contributed by atoms with E-state index in [-0.39, 0.29) is 0 Å². The van der Waals surface area contributed by atoms with Crippen LogP contribution in [0.25, 0.3) is 0 Å². The molecule has 3 nitrogen and oxygen atoms in total. The van der Waals surface area contributed by atoms with Crippen molar-refractivity contribution in [2.24, 2.45) is 0 Å². The third kappa shape index (κ3) is 2.80. The average Bonchev–Trinajstić information content (AvgIpc) is 2.75. The van der Waals surface area contributed by atoms with E-state index in [0.29, 0.717) is 11.3 Å². The summed E-state index contributed by atoms with van der Waals surface area (Å²) in [4.78, 5) is 0. The van der Waals surface area contributed by atoms with Crippen LogP contribution in [-0.2, 0) is 0 Å². The molecule has 0 bridgehead atoms. The molecule has 0 saturated carbocycles. The number of anilines is 1. The Kier molecular flexibility index (Phi) is 4.05. The van der Waals surface area contributed by atoms with Gasteiger partial charge in [-0.05, 0) is 24.3 Å². The van der Waals surface area contributed by atoms with Crippen LogP contribution in [0.15, 0.2) is 18.2 Å². The van der Waals surface area contributed by atoms with Crippen LogP contribution in [0.2, 0.25) is 0 Å². The number of hydrogen-bond donors (Lipinski definition) is 1. The van der Waals surface area contributed by atoms with Gasteiger partial charge in [0, 0.05) is 23.0 Å². The van der Waals surface area contributed by atoms with Crippen LogP contribution in [0, 0.1) is 0 Å². The van der Waals surface area contributed by atoms with Crippen molar-refractivity contribution in [3.8, 4) is 11.5 Å². The van der Waals surface area contributed by atoms with Crippen molar-refractivity contribution in [3.05, 3.63) is 18.2 Å². The molecule has 1 aromatic carbocycles. The van der Waals surface area contributed by atoms with Gasteiger partial charge in [-0.1, -0.05) is 6.92 Å². The summed E-state index contributed by atoms with van der Waals surface area (Å²) in [6.07, 6.45) is 1.22. The molecule has 0 aromatic heterocycles. The molecular weight excluding hydrogens is 234 g/mol. The number of ether oxygens (including phenoxy) is 2. The molecule has 1 aromatic rings. The van der Waals surface area contributed by atoms with E-state index in [0.717, 1.165) is 17.2 Å². The number of rotatable bonds is 4. The lowest BCUT2D eigenvalue weighted by atomic mass is 10.1. The Labute approximate surface area is 107 Å². The fourth-order valence-electron chi connectivity index (χ4n) is 2.06. The predicted molar refractivity (Wildman–Crippen MR) is 73.5 cm³/mol. The second kappa shape index (κ2) is 5.54. The average molecular weight is 253 g/mol. The number of hydrogen-bond acceptors (Lipinski definition) is 4. The molecule has 1 aliphatic rings. The second-order valence-corrected chi connectivity index (χ2v) is 5.67. The molecule has 2 rings (SSSR count). The molecule has 0 aliphatic carbocycles. The molecule has 0 spiro atoms. The molecular formula is C13H19NO2S. The van der Waals surface area contributed by atoms with Gasteiger partial charge in [0.15, 0.2) is 11.5 Å². The highest BCUT2D eigenvalue weighted by atomic mass is 32.2. The van der Waals surface area contributed by atoms with Crippen LogP contribution in [-0.4, -0.2) is 31.3 Å². The molecule has 17 heavy (non-hydrogen) atoms. The summed E-state index contributed by atoms with van der Waals surface area (Å²) >= 11 is 2.02. The minimum absolute atomic E-state index is 0.554. The van der Waals surface area contributed by atoms with Crippen molar-refractivity contribution in [2.75, 3.05) is 25.3 Å². The van der Waals surface area contributed by atoms with Crippen LogP contribution in [0.3, 0.4) is 0 Å². The highest BCUT2D eigenvalue weighted by Crippen LogP contribution is 2.33. The summed E-state index contributed by atoms with van der Waals surface area (Å²) in [6.45, 7) is 2.27. The number of benzene rings is 1. The molecule has 0 amide bonds. The zero-order chi connectivity index (χ0) is 12.3. The molecule has 2 unspecified atom stereocenters. The van der Waals surface area contributed by atoms with E-state index in [2.05, 4.69) is 12.2 Å². The monoisotopic (exact) mass is 253 g/mol. The van der Waals surface area contributed by atoms with Crippen molar-refractivity contribution in [1.82, 2.24) is 0 Å². The minimum atomic E-state index is 0.554. The van der Waals surface area contributed by atoms with Crippen molar-refractivity contribution < 1.29 is 9.47 Å². The Morgan fingerprint density at radius 2 is 2.00 bits per heavy atom. The van der Waals surface area contributed by atoms with Crippen LogP contribution >= 0.6 is 11.8 Å². The second-order valence-electron chi connectivity index (χ2n) is 4.19. The maximum Gasteiger partial charge on any atom is 0.162 e. The largest absolute Gasteiger partial charge is 0.493 e. The first-order valence-corrected chi connectivity index (χ1v) is 6.89. The van der Waals surface area contributed by atoms with Crippen LogP contribution < -0.4 is 14.8 Å². The van der Waals surface area contributed by atoms with Crippen LogP contribution in [0.5, 0.6) is 11.5 Å². The quantitative estimate of drug-likeness (QED) is 0.893. The third-order valence-electron chi connectivity index (χ3n) is 3.11. The highest BCUT2D eigenvalue weighted by Gasteiger charge is 2.23. The van der Waals surface area contributed by atoms with Gasteiger partial charge in [0.2, 0.25) is 0 Å². The lowest BCUT2D eigenvalue weighted by Crippen LogP contribution is -2.24. The molecule has 4 heteroatoms. The Morgan fingerprint density at radius 1 is 1.24 bits per heavy atom. The van der Waals surface area contributed by atoms with E-state index in [1.54, 1.807) is 14.2 Å². The fraction of sp³-hybridized carbons (Fsp3) is 0.538. The van der Waals surface area contributed by atoms with E-state index in [1.807, 2.05) is 30.0 Å². The van der Waals surface area contributed by atoms with Gasteiger partial charge in [0.1, 0.15) is 0 Å². The first-order chi connectivity index (χ1) is 8.24. The molecule has 94 valence electrons. The molecule has 1 heterocycles. The zero-order valence-corrected chi connectivity index (χ0v) is 11.3. The van der Waals surface area contributed by atoms with Crippen molar-refractivity contribution >= 4 is 17.4 Å². The van der Waals surface area contributed by atoms with Gasteiger partial charge in [-0.2, -0.15) is 11.8 Å². The van der Waals surface area contributed by atoms with E-state index in [4.69, 9.17) is 9.47 Å². The van der Waals surface area contributed by atoms with E-state index >= 15 is 0 Å². The fourth-order valence-corrected chi connectivity index (χ4v) is 3.26. The predicted octanol–water partition coefficient (Wildman–Crippen LogP) is 3.01. The van der Waals surface area contributed by atoms with Crippen molar-refractivity contribution in [1.29, 1.82) is 0 Å². The summed E-state index contributed by atoms with van der Waals surface area (Å²) < 4.78 is 10.5. The summed E-state index contributed by atoms with van der Waals surface area (Å²) in [5.41, 5.74) is 1.10. The first kappa shape index (κ1) is 12.4. The summed E-state index contributed by atoms with van der Waals surface area (Å²) in [5.74, 6) is 2.79. The zero-order valence-electron chi connectivity index (χ0n) is 10.5. The Bertz CT molecular complexity index is 384. The summed E-state index contributed by atoms with van der Waals surface area (Å²) in [7, 11) is 3.32. The Balaban J connectivity index is 2.10. The Hall–Kier alpha value is -1.03. The number of thioether (sulfide) groups is 1. The van der Waals surface area contributed by atoms with Crippen LogP contribution in [0.4, 0.5) is 5.69 Å². The SMILES string of the molecule is COc1ccc(NC2CCSC2C)cc1OC. The highest BCUT2D eigenvalue weighted by molar-refractivity contribution is 8.00. The first-order valence-electron chi connectivity index (χ1n) is 5.84. The molecule has 1 fully saturated rings. The van der Waals surface area contributed by atoms with Gasteiger partial charge in [-0.15, -0.1) is 0 Å². The normalized spacial score (nSPS) is 23.5. The third-order valence-corrected chi connectivity index (χ3v) is 4.44. The lowest BCUT2D eigenvalue weighted by Gasteiger charge is -2.19. The van der Waals surface area contributed by atoms with E-state index in [1.165, 1.54) is 12.2 Å². The Morgan fingerprint density at radius 3 is 2.59 bits per heavy atom. The summed E-state index contributed by atoms with van der Waals surface area (Å²) in [5, 5.41) is 4.23. The summed E-state index contributed by atoms with van der Waals surface area (Å²) in [6, 6.07) is 6.53. The standard InChI is InChI=1S/C13H19NO2S/c1-9-11(6-7-17-9)14-10-4-5-12(15-2)13(8-10)16-3/h4-5,8-9,11,14H,6-7H2,1-3H3. The van der Waals surface area contributed by atoms with Gasteiger partial charge in [0.05, 0.1) is 14.2 Å². The van der Waals surface area contributed by atoms with Crippen molar-refractivity contribution in [2.45, 2.75) is 24.6 Å². The van der Waals surface area contributed by atoms with Gasteiger partial charge < -0.3 is 14.8 Å². The topological polar surface area (TPSA) is 30.5 Å². The maximum atomic E-state index is 5.30. The lowest BCUT2D eigenvalue weighted by molar-refractivity contribution is 0.355. The van der Waals surface area contributed by atoms with E-state index in [9.17, 15) is 0 Å². The molecule has 1 aliphatic heterocycles. The van der Waals surface area contributed by atoms with E-state index < -0.39 is 0 Å². The number of methoxy groups -OCH3 is 2. The van der Waals surface area contributed by atoms with Crippen molar-refractivity contribution in [3.63, 3.8) is 0 Å².